The van der Waals surface area contributed by atoms with E-state index in [9.17, 15) is 4.79 Å². The van der Waals surface area contributed by atoms with E-state index in [1.807, 2.05) is 28.8 Å². The molecular formula is C18H19N5O3. The molecule has 134 valence electrons. The van der Waals surface area contributed by atoms with Crippen molar-refractivity contribution in [2.75, 3.05) is 18.9 Å². The molecule has 2 aromatic heterocycles. The van der Waals surface area contributed by atoms with Crippen LogP contribution in [0.4, 0.5) is 5.82 Å². The summed E-state index contributed by atoms with van der Waals surface area (Å²) in [4.78, 5) is 24.6. The summed E-state index contributed by atoms with van der Waals surface area (Å²) >= 11 is 0. The molecule has 0 bridgehead atoms. The van der Waals surface area contributed by atoms with Gasteiger partial charge in [-0.05, 0) is 24.5 Å². The standard InChI is InChI=1S/C18H19N5O3/c19-16-15-17(21-10-20-16)23(11-22-15)6-3-7-25-18(24)13-8-12-4-1-2-5-14(12)26-9-13/h1-2,4-5,10-11,13H,3,6-9H2,(H2,19,20,21). The van der Waals surface area contributed by atoms with Gasteiger partial charge in [-0.3, -0.25) is 4.79 Å². The maximum atomic E-state index is 12.3. The Bertz CT molecular complexity index is 939. The SMILES string of the molecule is Nc1ncnc2c1ncn2CCCOC(=O)C1COc2ccccc2C1. The second kappa shape index (κ2) is 6.99. The Morgan fingerprint density at radius 1 is 1.31 bits per heavy atom. The van der Waals surface area contributed by atoms with Crippen LogP contribution >= 0.6 is 0 Å². The first-order valence-corrected chi connectivity index (χ1v) is 8.51. The van der Waals surface area contributed by atoms with E-state index in [4.69, 9.17) is 15.2 Å². The number of carbonyl (C=O) groups excluding carboxylic acids is 1. The quantitative estimate of drug-likeness (QED) is 0.548. The fourth-order valence-corrected chi connectivity index (χ4v) is 3.07. The number of aryl methyl sites for hydroxylation is 1. The van der Waals surface area contributed by atoms with Gasteiger partial charge in [0.25, 0.3) is 0 Å². The Balaban J connectivity index is 1.28. The van der Waals surface area contributed by atoms with Crippen LogP contribution in [0.3, 0.4) is 0 Å². The summed E-state index contributed by atoms with van der Waals surface area (Å²) in [6.45, 7) is 1.32. The summed E-state index contributed by atoms with van der Waals surface area (Å²) in [5.74, 6) is 0.732. The highest BCUT2D eigenvalue weighted by Gasteiger charge is 2.26. The number of carbonyl (C=O) groups is 1. The van der Waals surface area contributed by atoms with Gasteiger partial charge in [-0.1, -0.05) is 18.2 Å². The van der Waals surface area contributed by atoms with E-state index in [0.29, 0.717) is 49.6 Å². The van der Waals surface area contributed by atoms with Gasteiger partial charge in [-0.15, -0.1) is 0 Å². The number of benzene rings is 1. The molecule has 1 aliphatic rings. The summed E-state index contributed by atoms with van der Waals surface area (Å²) in [5, 5.41) is 0. The minimum atomic E-state index is -0.258. The van der Waals surface area contributed by atoms with Gasteiger partial charge in [-0.25, -0.2) is 15.0 Å². The Morgan fingerprint density at radius 2 is 2.19 bits per heavy atom. The van der Waals surface area contributed by atoms with Crippen molar-refractivity contribution < 1.29 is 14.3 Å². The average molecular weight is 353 g/mol. The molecule has 8 heteroatoms. The predicted molar refractivity (Wildman–Crippen MR) is 94.4 cm³/mol. The molecular weight excluding hydrogens is 334 g/mol. The number of hydrogen-bond acceptors (Lipinski definition) is 7. The molecule has 0 spiro atoms. The summed E-state index contributed by atoms with van der Waals surface area (Å²) in [6.07, 6.45) is 4.39. The maximum absolute atomic E-state index is 12.3. The lowest BCUT2D eigenvalue weighted by Gasteiger charge is -2.23. The highest BCUT2D eigenvalue weighted by molar-refractivity contribution is 5.81. The molecule has 1 unspecified atom stereocenters. The number of hydrogen-bond donors (Lipinski definition) is 1. The molecule has 1 atom stereocenters. The molecule has 0 saturated heterocycles. The van der Waals surface area contributed by atoms with Crippen molar-refractivity contribution in [3.8, 4) is 5.75 Å². The molecule has 2 N–H and O–H groups in total. The van der Waals surface area contributed by atoms with Gasteiger partial charge >= 0.3 is 5.97 Å². The van der Waals surface area contributed by atoms with Crippen molar-refractivity contribution in [3.63, 3.8) is 0 Å². The minimum Gasteiger partial charge on any atom is -0.492 e. The van der Waals surface area contributed by atoms with Crippen LogP contribution < -0.4 is 10.5 Å². The molecule has 26 heavy (non-hydrogen) atoms. The third-order valence-electron chi connectivity index (χ3n) is 4.43. The number of anilines is 1. The lowest BCUT2D eigenvalue weighted by atomic mass is 9.97. The number of fused-ring (bicyclic) bond motifs is 2. The number of esters is 1. The zero-order chi connectivity index (χ0) is 17.9. The third-order valence-corrected chi connectivity index (χ3v) is 4.43. The van der Waals surface area contributed by atoms with E-state index in [1.165, 1.54) is 6.33 Å². The Kier molecular flexibility index (Phi) is 4.39. The van der Waals surface area contributed by atoms with Crippen molar-refractivity contribution in [1.82, 2.24) is 19.5 Å². The number of nitrogens with zero attached hydrogens (tertiary/aromatic N) is 4. The second-order valence-corrected chi connectivity index (χ2v) is 6.21. The Hall–Kier alpha value is -3.16. The third kappa shape index (κ3) is 3.17. The van der Waals surface area contributed by atoms with Crippen molar-refractivity contribution in [2.45, 2.75) is 19.4 Å². The maximum Gasteiger partial charge on any atom is 0.312 e. The molecule has 3 heterocycles. The topological polar surface area (TPSA) is 105 Å². The zero-order valence-corrected chi connectivity index (χ0v) is 14.2. The molecule has 1 aromatic carbocycles. The highest BCUT2D eigenvalue weighted by Crippen LogP contribution is 2.27. The summed E-state index contributed by atoms with van der Waals surface area (Å²) in [5.41, 5.74) is 8.08. The van der Waals surface area contributed by atoms with Crippen LogP contribution in [0.25, 0.3) is 11.2 Å². The number of aromatic nitrogens is 4. The minimum absolute atomic E-state index is 0.221. The van der Waals surface area contributed by atoms with Gasteiger partial charge in [0.15, 0.2) is 11.5 Å². The van der Waals surface area contributed by atoms with E-state index in [-0.39, 0.29) is 11.9 Å². The smallest absolute Gasteiger partial charge is 0.312 e. The first-order valence-electron chi connectivity index (χ1n) is 8.51. The molecule has 1 aliphatic heterocycles. The van der Waals surface area contributed by atoms with Crippen molar-refractivity contribution >= 4 is 23.0 Å². The van der Waals surface area contributed by atoms with Crippen LogP contribution in [-0.2, 0) is 22.5 Å². The summed E-state index contributed by atoms with van der Waals surface area (Å²) < 4.78 is 12.9. The van der Waals surface area contributed by atoms with Gasteiger partial charge in [0.05, 0.1) is 18.9 Å². The Labute approximate surface area is 150 Å². The predicted octanol–water partition coefficient (Wildman–Crippen LogP) is 1.59. The largest absolute Gasteiger partial charge is 0.492 e. The molecule has 0 saturated carbocycles. The van der Waals surface area contributed by atoms with E-state index < -0.39 is 0 Å². The molecule has 0 aliphatic carbocycles. The first-order chi connectivity index (χ1) is 12.7. The fourth-order valence-electron chi connectivity index (χ4n) is 3.07. The van der Waals surface area contributed by atoms with Gasteiger partial charge < -0.3 is 19.8 Å². The second-order valence-electron chi connectivity index (χ2n) is 6.21. The van der Waals surface area contributed by atoms with Crippen LogP contribution in [0.15, 0.2) is 36.9 Å². The van der Waals surface area contributed by atoms with Crippen LogP contribution in [0, 0.1) is 5.92 Å². The highest BCUT2D eigenvalue weighted by atomic mass is 16.5. The molecule has 8 nitrogen and oxygen atoms in total. The molecule has 0 fully saturated rings. The van der Waals surface area contributed by atoms with Crippen LogP contribution in [0.2, 0.25) is 0 Å². The molecule has 4 rings (SSSR count). The summed E-state index contributed by atoms with van der Waals surface area (Å²) in [7, 11) is 0. The summed E-state index contributed by atoms with van der Waals surface area (Å²) in [6, 6.07) is 7.77. The van der Waals surface area contributed by atoms with Crippen LogP contribution in [0.5, 0.6) is 5.75 Å². The van der Waals surface area contributed by atoms with Gasteiger partial charge in [0.1, 0.15) is 24.2 Å². The Morgan fingerprint density at radius 3 is 3.12 bits per heavy atom. The lowest BCUT2D eigenvalue weighted by molar-refractivity contribution is -0.150. The van der Waals surface area contributed by atoms with Crippen LogP contribution in [0.1, 0.15) is 12.0 Å². The number of imidazole rings is 1. The number of para-hydroxylation sites is 1. The van der Waals surface area contributed by atoms with Gasteiger partial charge in [0.2, 0.25) is 0 Å². The molecule has 0 radical (unpaired) electrons. The van der Waals surface area contributed by atoms with E-state index in [2.05, 4.69) is 15.0 Å². The van der Waals surface area contributed by atoms with E-state index in [1.54, 1.807) is 6.33 Å². The number of nitrogens with two attached hydrogens (primary N) is 1. The van der Waals surface area contributed by atoms with Crippen molar-refractivity contribution in [3.05, 3.63) is 42.5 Å². The van der Waals surface area contributed by atoms with Crippen molar-refractivity contribution in [1.29, 1.82) is 0 Å². The van der Waals surface area contributed by atoms with E-state index in [0.717, 1.165) is 11.3 Å². The van der Waals surface area contributed by atoms with Gasteiger partial charge in [0, 0.05) is 6.54 Å². The fraction of sp³-hybridized carbons (Fsp3) is 0.333. The number of rotatable bonds is 5. The number of ether oxygens (including phenoxy) is 2. The average Bonchev–Trinajstić information content (AvgIpc) is 3.09. The molecule has 0 amide bonds. The van der Waals surface area contributed by atoms with Crippen molar-refractivity contribution in [2.24, 2.45) is 5.92 Å². The van der Waals surface area contributed by atoms with E-state index >= 15 is 0 Å². The van der Waals surface area contributed by atoms with Crippen LogP contribution in [-0.4, -0.2) is 38.7 Å². The molecule has 3 aromatic rings. The zero-order valence-electron chi connectivity index (χ0n) is 14.2. The lowest BCUT2D eigenvalue weighted by Crippen LogP contribution is -2.30. The van der Waals surface area contributed by atoms with Gasteiger partial charge in [-0.2, -0.15) is 0 Å². The normalized spacial score (nSPS) is 16.1. The number of nitrogen functional groups attached to an aromatic ring is 1. The monoisotopic (exact) mass is 353 g/mol. The first kappa shape index (κ1) is 16.3.